The van der Waals surface area contributed by atoms with Crippen molar-refractivity contribution >= 4 is 11.9 Å². The van der Waals surface area contributed by atoms with E-state index in [1.165, 1.54) is 6.33 Å². The van der Waals surface area contributed by atoms with E-state index in [1.54, 1.807) is 15.9 Å². The van der Waals surface area contributed by atoms with Crippen molar-refractivity contribution in [2.75, 3.05) is 13.1 Å². The average Bonchev–Trinajstić information content (AvgIpc) is 2.98. The van der Waals surface area contributed by atoms with Crippen LogP contribution in [-0.2, 0) is 16.1 Å². The Hall–Kier alpha value is -1.92. The molecule has 116 valence electrons. The van der Waals surface area contributed by atoms with Crippen LogP contribution >= 0.6 is 0 Å². The Morgan fingerprint density at radius 1 is 1.43 bits per heavy atom. The first-order chi connectivity index (χ1) is 10.1. The third kappa shape index (κ3) is 3.59. The fourth-order valence-electron chi connectivity index (χ4n) is 3.03. The van der Waals surface area contributed by atoms with Crippen LogP contribution in [-0.4, -0.2) is 49.7 Å². The van der Waals surface area contributed by atoms with Gasteiger partial charge in [0.05, 0.1) is 12.0 Å². The van der Waals surface area contributed by atoms with E-state index < -0.39 is 11.4 Å². The van der Waals surface area contributed by atoms with E-state index in [-0.39, 0.29) is 5.91 Å². The second-order valence-corrected chi connectivity index (χ2v) is 5.66. The molecule has 1 amide bonds. The lowest BCUT2D eigenvalue weighted by Gasteiger charge is -2.40. The summed E-state index contributed by atoms with van der Waals surface area (Å²) in [4.78, 5) is 29.4. The molecule has 0 spiro atoms. The first kappa shape index (κ1) is 15.5. The van der Waals surface area contributed by atoms with E-state index in [2.05, 4.69) is 10.1 Å². The summed E-state index contributed by atoms with van der Waals surface area (Å²) in [6.07, 6.45) is 6.17. The number of nitrogens with zero attached hydrogens (tertiary/aromatic N) is 4. The number of carbonyl (C=O) groups is 2. The van der Waals surface area contributed by atoms with Gasteiger partial charge >= 0.3 is 5.97 Å². The van der Waals surface area contributed by atoms with Crippen molar-refractivity contribution in [1.82, 2.24) is 19.7 Å². The molecule has 7 nitrogen and oxygen atoms in total. The molecule has 1 atom stereocenters. The van der Waals surface area contributed by atoms with Gasteiger partial charge in [0, 0.05) is 19.5 Å². The molecule has 7 heteroatoms. The number of carboxylic acids is 1. The van der Waals surface area contributed by atoms with Gasteiger partial charge in [-0.05, 0) is 19.3 Å². The van der Waals surface area contributed by atoms with Gasteiger partial charge in [-0.15, -0.1) is 0 Å². The van der Waals surface area contributed by atoms with Crippen molar-refractivity contribution in [3.8, 4) is 0 Å². The molecule has 1 N–H and O–H groups in total. The van der Waals surface area contributed by atoms with Gasteiger partial charge < -0.3 is 10.0 Å². The molecular weight excluding hydrogens is 272 g/mol. The molecule has 1 aromatic heterocycles. The first-order valence-electron chi connectivity index (χ1n) is 7.41. The Morgan fingerprint density at radius 3 is 2.86 bits per heavy atom. The van der Waals surface area contributed by atoms with E-state index >= 15 is 0 Å². The van der Waals surface area contributed by atoms with Crippen LogP contribution < -0.4 is 0 Å². The molecule has 0 aromatic carbocycles. The summed E-state index contributed by atoms with van der Waals surface area (Å²) in [5, 5.41) is 13.5. The van der Waals surface area contributed by atoms with Crippen molar-refractivity contribution < 1.29 is 14.7 Å². The molecule has 1 aromatic rings. The largest absolute Gasteiger partial charge is 0.481 e. The maximum Gasteiger partial charge on any atom is 0.311 e. The minimum absolute atomic E-state index is 0.00747. The molecule has 0 saturated carbocycles. The summed E-state index contributed by atoms with van der Waals surface area (Å²) in [7, 11) is 0. The third-order valence-corrected chi connectivity index (χ3v) is 4.13. The monoisotopic (exact) mass is 294 g/mol. The topological polar surface area (TPSA) is 88.3 Å². The molecule has 2 rings (SSSR count). The summed E-state index contributed by atoms with van der Waals surface area (Å²) in [5.74, 6) is -0.787. The van der Waals surface area contributed by atoms with Crippen molar-refractivity contribution in [2.45, 2.75) is 45.6 Å². The molecule has 1 unspecified atom stereocenters. The minimum atomic E-state index is -0.780. The number of aryl methyl sites for hydroxylation is 1. The number of rotatable bonds is 6. The quantitative estimate of drug-likeness (QED) is 0.850. The maximum atomic E-state index is 12.3. The summed E-state index contributed by atoms with van der Waals surface area (Å²) in [6, 6.07) is 0. The minimum Gasteiger partial charge on any atom is -0.481 e. The van der Waals surface area contributed by atoms with Crippen molar-refractivity contribution in [3.05, 3.63) is 12.7 Å². The Kier molecular flexibility index (Phi) is 4.93. The molecular formula is C14H22N4O3. The van der Waals surface area contributed by atoms with Gasteiger partial charge in [-0.1, -0.05) is 13.3 Å². The number of piperidine rings is 1. The van der Waals surface area contributed by atoms with Crippen molar-refractivity contribution in [2.24, 2.45) is 5.41 Å². The van der Waals surface area contributed by atoms with Gasteiger partial charge in [-0.2, -0.15) is 5.10 Å². The lowest BCUT2D eigenvalue weighted by molar-refractivity contribution is -0.155. The molecule has 1 fully saturated rings. The van der Waals surface area contributed by atoms with E-state index in [0.29, 0.717) is 38.9 Å². The first-order valence-corrected chi connectivity index (χ1v) is 7.41. The Morgan fingerprint density at radius 2 is 2.24 bits per heavy atom. The van der Waals surface area contributed by atoms with Crippen LogP contribution in [0.4, 0.5) is 0 Å². The highest BCUT2D eigenvalue weighted by Crippen LogP contribution is 2.35. The normalized spacial score (nSPS) is 22.2. The van der Waals surface area contributed by atoms with Gasteiger partial charge in [0.1, 0.15) is 12.7 Å². The zero-order valence-corrected chi connectivity index (χ0v) is 12.4. The summed E-state index contributed by atoms with van der Waals surface area (Å²) in [6.45, 7) is 3.43. The Labute approximate surface area is 124 Å². The molecule has 0 aliphatic carbocycles. The third-order valence-electron chi connectivity index (χ3n) is 4.13. The second-order valence-electron chi connectivity index (χ2n) is 5.66. The molecule has 1 aliphatic rings. The van der Waals surface area contributed by atoms with Crippen LogP contribution in [0.25, 0.3) is 0 Å². The predicted octanol–water partition coefficient (Wildman–Crippen LogP) is 1.16. The van der Waals surface area contributed by atoms with Crippen LogP contribution in [0.15, 0.2) is 12.7 Å². The number of hydrogen-bond acceptors (Lipinski definition) is 4. The highest BCUT2D eigenvalue weighted by Gasteiger charge is 2.42. The number of carbonyl (C=O) groups excluding carboxylic acids is 1. The average molecular weight is 294 g/mol. The van der Waals surface area contributed by atoms with Crippen LogP contribution in [0.5, 0.6) is 0 Å². The molecule has 0 bridgehead atoms. The van der Waals surface area contributed by atoms with E-state index in [4.69, 9.17) is 0 Å². The van der Waals surface area contributed by atoms with Crippen molar-refractivity contribution in [1.29, 1.82) is 0 Å². The smallest absolute Gasteiger partial charge is 0.311 e. The number of carboxylic acid groups (broad SMARTS) is 1. The number of amides is 1. The van der Waals surface area contributed by atoms with Crippen LogP contribution in [0, 0.1) is 5.41 Å². The molecule has 1 saturated heterocycles. The summed E-state index contributed by atoms with van der Waals surface area (Å²) >= 11 is 0. The molecule has 2 heterocycles. The van der Waals surface area contributed by atoms with Gasteiger partial charge in [0.2, 0.25) is 5.91 Å². The fraction of sp³-hybridized carbons (Fsp3) is 0.714. The molecule has 1 aliphatic heterocycles. The predicted molar refractivity (Wildman–Crippen MR) is 75.4 cm³/mol. The lowest BCUT2D eigenvalue weighted by Crippen LogP contribution is -2.50. The van der Waals surface area contributed by atoms with Gasteiger partial charge in [0.25, 0.3) is 0 Å². The zero-order valence-electron chi connectivity index (χ0n) is 12.4. The van der Waals surface area contributed by atoms with E-state index in [1.807, 2.05) is 6.92 Å². The molecule has 21 heavy (non-hydrogen) atoms. The number of likely N-dealkylation sites (tertiary alicyclic amines) is 1. The maximum absolute atomic E-state index is 12.3. The highest BCUT2D eigenvalue weighted by molar-refractivity contribution is 5.79. The lowest BCUT2D eigenvalue weighted by atomic mass is 9.76. The second kappa shape index (κ2) is 6.69. The summed E-state index contributed by atoms with van der Waals surface area (Å²) in [5.41, 5.74) is -0.768. The van der Waals surface area contributed by atoms with Gasteiger partial charge in [-0.3, -0.25) is 14.3 Å². The van der Waals surface area contributed by atoms with Crippen molar-refractivity contribution in [3.63, 3.8) is 0 Å². The SMILES string of the molecule is CCCC1(C(=O)O)CCCN(C(=O)CCn2cncn2)C1. The number of aromatic nitrogens is 3. The standard InChI is InChI=1S/C14H22N4O3/c1-2-5-14(13(20)21)6-3-7-17(9-14)12(19)4-8-18-11-15-10-16-18/h10-11H,2-9H2,1H3,(H,20,21). The summed E-state index contributed by atoms with van der Waals surface area (Å²) < 4.78 is 1.61. The zero-order chi connectivity index (χ0) is 15.3. The Balaban J connectivity index is 1.96. The van der Waals surface area contributed by atoms with Crippen LogP contribution in [0.1, 0.15) is 39.0 Å². The number of hydrogen-bond donors (Lipinski definition) is 1. The fourth-order valence-corrected chi connectivity index (χ4v) is 3.03. The number of aliphatic carboxylic acids is 1. The van der Waals surface area contributed by atoms with Crippen LogP contribution in [0.2, 0.25) is 0 Å². The Bertz CT molecular complexity index is 484. The van der Waals surface area contributed by atoms with Gasteiger partial charge in [0.15, 0.2) is 0 Å². The molecule has 0 radical (unpaired) electrons. The van der Waals surface area contributed by atoms with Gasteiger partial charge in [-0.25, -0.2) is 4.98 Å². The van der Waals surface area contributed by atoms with E-state index in [9.17, 15) is 14.7 Å². The van der Waals surface area contributed by atoms with E-state index in [0.717, 1.165) is 12.8 Å². The highest BCUT2D eigenvalue weighted by atomic mass is 16.4. The van der Waals surface area contributed by atoms with Crippen LogP contribution in [0.3, 0.4) is 0 Å².